The number of guanidine groups is 1. The lowest BCUT2D eigenvalue weighted by Gasteiger charge is -2.36. The number of hydrogen-bond acceptors (Lipinski definition) is 4. The molecule has 6 nitrogen and oxygen atoms in total. The molecule has 140 valence electrons. The van der Waals surface area contributed by atoms with Gasteiger partial charge >= 0.3 is 0 Å². The molecule has 0 radical (unpaired) electrons. The zero-order valence-corrected chi connectivity index (χ0v) is 17.0. The van der Waals surface area contributed by atoms with Gasteiger partial charge in [-0.1, -0.05) is 0 Å². The van der Waals surface area contributed by atoms with Crippen LogP contribution in [0, 0.1) is 5.82 Å². The van der Waals surface area contributed by atoms with E-state index < -0.39 is 0 Å². The summed E-state index contributed by atoms with van der Waals surface area (Å²) in [4.78, 5) is 12.8. The summed E-state index contributed by atoms with van der Waals surface area (Å²) in [6.45, 7) is 3.62. The van der Waals surface area contributed by atoms with E-state index in [1.54, 1.807) is 31.6 Å². The number of rotatable bonds is 4. The van der Waals surface area contributed by atoms with Crippen LogP contribution >= 0.6 is 24.0 Å². The van der Waals surface area contributed by atoms with Crippen LogP contribution in [0.4, 0.5) is 10.1 Å². The van der Waals surface area contributed by atoms with E-state index in [0.29, 0.717) is 12.5 Å². The number of pyridine rings is 1. The zero-order chi connectivity index (χ0) is 17.6. The Morgan fingerprint density at radius 1 is 1.19 bits per heavy atom. The number of aliphatic imine (C=N–C) groups is 1. The van der Waals surface area contributed by atoms with Gasteiger partial charge in [-0.15, -0.1) is 24.0 Å². The number of aromatic nitrogens is 1. The van der Waals surface area contributed by atoms with Gasteiger partial charge in [0.25, 0.3) is 0 Å². The maximum atomic E-state index is 13.0. The molecule has 0 saturated carbocycles. The van der Waals surface area contributed by atoms with Crippen molar-refractivity contribution in [3.05, 3.63) is 54.1 Å². The lowest BCUT2D eigenvalue weighted by molar-refractivity contribution is 0.380. The number of halogens is 2. The van der Waals surface area contributed by atoms with E-state index in [1.807, 2.05) is 6.07 Å². The number of nitrogens with zero attached hydrogens (tertiary/aromatic N) is 4. The summed E-state index contributed by atoms with van der Waals surface area (Å²) in [5, 5.41) is 0. The Hall–Kier alpha value is -2.10. The third-order valence-corrected chi connectivity index (χ3v) is 4.29. The van der Waals surface area contributed by atoms with Crippen LogP contribution in [0.15, 0.2) is 47.7 Å². The molecule has 3 rings (SSSR count). The van der Waals surface area contributed by atoms with Crippen molar-refractivity contribution in [3.63, 3.8) is 0 Å². The molecule has 1 aromatic heterocycles. The van der Waals surface area contributed by atoms with Gasteiger partial charge in [0.2, 0.25) is 0 Å². The molecular weight excluding hydrogens is 448 g/mol. The van der Waals surface area contributed by atoms with Crippen molar-refractivity contribution < 1.29 is 9.13 Å². The summed E-state index contributed by atoms with van der Waals surface area (Å²) in [7, 11) is 1.63. The van der Waals surface area contributed by atoms with Gasteiger partial charge in [0.1, 0.15) is 11.6 Å². The van der Waals surface area contributed by atoms with E-state index in [-0.39, 0.29) is 29.8 Å². The normalized spacial score (nSPS) is 14.8. The van der Waals surface area contributed by atoms with Gasteiger partial charge in [-0.05, 0) is 30.3 Å². The van der Waals surface area contributed by atoms with E-state index in [9.17, 15) is 4.39 Å². The summed E-state index contributed by atoms with van der Waals surface area (Å²) < 4.78 is 18.3. The molecule has 1 aliphatic rings. The van der Waals surface area contributed by atoms with Gasteiger partial charge in [0.05, 0.1) is 13.7 Å². The highest BCUT2D eigenvalue weighted by Crippen LogP contribution is 2.18. The zero-order valence-electron chi connectivity index (χ0n) is 14.6. The predicted molar refractivity (Wildman–Crippen MR) is 112 cm³/mol. The van der Waals surface area contributed by atoms with Crippen molar-refractivity contribution >= 4 is 35.6 Å². The Labute approximate surface area is 169 Å². The minimum atomic E-state index is -0.218. The molecule has 0 bridgehead atoms. The topological polar surface area (TPSA) is 67.0 Å². The third kappa shape index (κ3) is 4.96. The average Bonchev–Trinajstić information content (AvgIpc) is 2.67. The lowest BCUT2D eigenvalue weighted by atomic mass is 10.2. The maximum Gasteiger partial charge on any atom is 0.191 e. The number of hydrogen-bond donors (Lipinski definition) is 1. The molecule has 8 heteroatoms. The number of piperazine rings is 1. The van der Waals surface area contributed by atoms with Crippen molar-refractivity contribution in [2.24, 2.45) is 10.7 Å². The average molecular weight is 471 g/mol. The maximum absolute atomic E-state index is 13.0. The number of methoxy groups -OCH3 is 1. The summed E-state index contributed by atoms with van der Waals surface area (Å²) in [5.41, 5.74) is 8.06. The van der Waals surface area contributed by atoms with Crippen LogP contribution in [0.3, 0.4) is 0 Å². The van der Waals surface area contributed by atoms with Crippen LogP contribution in [-0.2, 0) is 6.54 Å². The Balaban J connectivity index is 0.00000243. The first-order chi connectivity index (χ1) is 12.2. The Morgan fingerprint density at radius 2 is 1.88 bits per heavy atom. The second-order valence-corrected chi connectivity index (χ2v) is 5.81. The van der Waals surface area contributed by atoms with E-state index in [2.05, 4.69) is 19.8 Å². The van der Waals surface area contributed by atoms with Crippen molar-refractivity contribution in [1.82, 2.24) is 9.88 Å². The Bertz CT molecular complexity index is 733. The van der Waals surface area contributed by atoms with E-state index in [4.69, 9.17) is 10.5 Å². The standard InChI is InChI=1S/C18H22FN5O.HI/c1-25-17-6-7-21-12-14(17)13-22-18(20)24-10-8-23(9-11-24)16-4-2-15(19)3-5-16;/h2-7,12H,8-11,13H2,1H3,(H2,20,22);1H. The molecule has 0 aliphatic carbocycles. The molecule has 0 spiro atoms. The number of nitrogens with two attached hydrogens (primary N) is 1. The molecule has 1 aromatic carbocycles. The van der Waals surface area contributed by atoms with Gasteiger partial charge in [-0.2, -0.15) is 0 Å². The van der Waals surface area contributed by atoms with Crippen molar-refractivity contribution in [1.29, 1.82) is 0 Å². The van der Waals surface area contributed by atoms with Crippen LogP contribution in [-0.4, -0.2) is 49.1 Å². The molecule has 2 aromatic rings. The highest BCUT2D eigenvalue weighted by Gasteiger charge is 2.18. The first-order valence-corrected chi connectivity index (χ1v) is 8.19. The summed E-state index contributed by atoms with van der Waals surface area (Å²) in [6, 6.07) is 8.38. The second kappa shape index (κ2) is 9.56. The monoisotopic (exact) mass is 471 g/mol. The number of benzene rings is 1. The van der Waals surface area contributed by atoms with Crippen LogP contribution in [0.25, 0.3) is 0 Å². The summed E-state index contributed by atoms with van der Waals surface area (Å²) in [6.07, 6.45) is 3.42. The largest absolute Gasteiger partial charge is 0.496 e. The fourth-order valence-corrected chi connectivity index (χ4v) is 2.84. The highest BCUT2D eigenvalue weighted by molar-refractivity contribution is 14.0. The van der Waals surface area contributed by atoms with Gasteiger partial charge < -0.3 is 20.3 Å². The van der Waals surface area contributed by atoms with E-state index >= 15 is 0 Å². The Morgan fingerprint density at radius 3 is 2.54 bits per heavy atom. The van der Waals surface area contributed by atoms with Crippen LogP contribution in [0.1, 0.15) is 5.56 Å². The number of ether oxygens (including phenoxy) is 1. The molecule has 1 aliphatic heterocycles. The molecule has 2 heterocycles. The van der Waals surface area contributed by atoms with Crippen LogP contribution in [0.5, 0.6) is 5.75 Å². The first kappa shape index (κ1) is 20.2. The summed E-state index contributed by atoms with van der Waals surface area (Å²) >= 11 is 0. The van der Waals surface area contributed by atoms with Gasteiger partial charge in [-0.3, -0.25) is 4.98 Å². The van der Waals surface area contributed by atoms with Crippen molar-refractivity contribution in [2.45, 2.75) is 6.54 Å². The fourth-order valence-electron chi connectivity index (χ4n) is 2.84. The third-order valence-electron chi connectivity index (χ3n) is 4.29. The summed E-state index contributed by atoms with van der Waals surface area (Å²) in [5.74, 6) is 1.06. The van der Waals surface area contributed by atoms with Gasteiger partial charge in [0, 0.05) is 49.8 Å². The van der Waals surface area contributed by atoms with Gasteiger partial charge in [-0.25, -0.2) is 9.38 Å². The molecule has 0 amide bonds. The minimum Gasteiger partial charge on any atom is -0.496 e. The number of anilines is 1. The molecule has 0 atom stereocenters. The van der Waals surface area contributed by atoms with E-state index in [0.717, 1.165) is 43.2 Å². The van der Waals surface area contributed by atoms with E-state index in [1.165, 1.54) is 12.1 Å². The van der Waals surface area contributed by atoms with Crippen molar-refractivity contribution in [2.75, 3.05) is 38.2 Å². The predicted octanol–water partition coefficient (Wildman–Crippen LogP) is 2.48. The smallest absolute Gasteiger partial charge is 0.191 e. The van der Waals surface area contributed by atoms with Crippen LogP contribution < -0.4 is 15.4 Å². The SMILES string of the molecule is COc1ccncc1CN=C(N)N1CCN(c2ccc(F)cc2)CC1.I. The minimum absolute atomic E-state index is 0. The quantitative estimate of drug-likeness (QED) is 0.422. The molecule has 0 unspecified atom stereocenters. The molecule has 2 N–H and O–H groups in total. The fraction of sp³-hybridized carbons (Fsp3) is 0.333. The second-order valence-electron chi connectivity index (χ2n) is 5.81. The van der Waals surface area contributed by atoms with Crippen LogP contribution in [0.2, 0.25) is 0 Å². The lowest BCUT2D eigenvalue weighted by Crippen LogP contribution is -2.51. The molecular formula is C18H23FIN5O. The highest BCUT2D eigenvalue weighted by atomic mass is 127. The molecule has 1 fully saturated rings. The van der Waals surface area contributed by atoms with Crippen molar-refractivity contribution in [3.8, 4) is 5.75 Å². The first-order valence-electron chi connectivity index (χ1n) is 8.19. The molecule has 1 saturated heterocycles. The Kier molecular flexibility index (Phi) is 7.43. The van der Waals surface area contributed by atoms with Gasteiger partial charge in [0.15, 0.2) is 5.96 Å². The molecule has 26 heavy (non-hydrogen) atoms.